The van der Waals surface area contributed by atoms with E-state index in [0.29, 0.717) is 0 Å². The van der Waals surface area contributed by atoms with E-state index in [1.807, 2.05) is 0 Å². The molecule has 2 N–H and O–H groups in total. The highest BCUT2D eigenvalue weighted by Gasteiger charge is 2.50. The maximum atomic E-state index is 6.40. The third kappa shape index (κ3) is 2.96. The Labute approximate surface area is 130 Å². The van der Waals surface area contributed by atoms with Gasteiger partial charge in [0.1, 0.15) is 11.9 Å². The van der Waals surface area contributed by atoms with Crippen LogP contribution in [0.25, 0.3) is 0 Å². The van der Waals surface area contributed by atoms with Gasteiger partial charge in [0, 0.05) is 17.9 Å². The van der Waals surface area contributed by atoms with Crippen molar-refractivity contribution in [2.24, 2.45) is 11.1 Å². The first-order valence-electron chi connectivity index (χ1n) is 8.28. The van der Waals surface area contributed by atoms with Crippen LogP contribution in [0, 0.1) is 5.41 Å². The first kappa shape index (κ1) is 16.4. The number of nitrogens with two attached hydrogens (primary N) is 1. The van der Waals surface area contributed by atoms with Crippen molar-refractivity contribution in [1.29, 1.82) is 0 Å². The predicted octanol–water partition coefficient (Wildman–Crippen LogP) is 4.44. The fourth-order valence-electron chi connectivity index (χ4n) is 3.16. The molecule has 1 aromatic carbocycles. The number of rotatable bonds is 4. The molecule has 0 amide bonds. The van der Waals surface area contributed by atoms with Gasteiger partial charge in [-0.15, -0.1) is 0 Å². The van der Waals surface area contributed by atoms with Crippen molar-refractivity contribution in [3.05, 3.63) is 29.3 Å². The van der Waals surface area contributed by atoms with E-state index in [4.69, 9.17) is 10.5 Å². The maximum absolute atomic E-state index is 6.40. The summed E-state index contributed by atoms with van der Waals surface area (Å²) >= 11 is 0. The molecular formula is C19H31NO. The SMILES string of the molecule is CCc1ccc(OC2CC(N)C2(C)CC)c(C(C)(C)C)c1. The normalized spacial score (nSPS) is 29.1. The van der Waals surface area contributed by atoms with Crippen LogP contribution in [0.1, 0.15) is 65.5 Å². The molecule has 0 heterocycles. The molecule has 0 bridgehead atoms. The zero-order valence-electron chi connectivity index (χ0n) is 14.5. The van der Waals surface area contributed by atoms with Crippen molar-refractivity contribution >= 4 is 0 Å². The van der Waals surface area contributed by atoms with Gasteiger partial charge in [0.2, 0.25) is 0 Å². The monoisotopic (exact) mass is 289 g/mol. The number of hydrogen-bond donors (Lipinski definition) is 1. The van der Waals surface area contributed by atoms with Gasteiger partial charge in [-0.1, -0.05) is 53.7 Å². The van der Waals surface area contributed by atoms with E-state index in [-0.39, 0.29) is 23.0 Å². The number of ether oxygens (including phenoxy) is 1. The van der Waals surface area contributed by atoms with Crippen LogP contribution in [0.5, 0.6) is 5.75 Å². The van der Waals surface area contributed by atoms with Crippen LogP contribution >= 0.6 is 0 Å². The van der Waals surface area contributed by atoms with Gasteiger partial charge in [-0.3, -0.25) is 0 Å². The Morgan fingerprint density at radius 3 is 2.43 bits per heavy atom. The topological polar surface area (TPSA) is 35.2 Å². The number of aryl methyl sites for hydroxylation is 1. The second-order valence-corrected chi connectivity index (χ2v) is 7.74. The van der Waals surface area contributed by atoms with Crippen LogP contribution in [-0.2, 0) is 11.8 Å². The molecule has 0 spiro atoms. The summed E-state index contributed by atoms with van der Waals surface area (Å²) in [7, 11) is 0. The molecule has 0 radical (unpaired) electrons. The molecule has 2 rings (SSSR count). The minimum atomic E-state index is 0.0923. The van der Waals surface area contributed by atoms with E-state index in [0.717, 1.165) is 25.0 Å². The van der Waals surface area contributed by atoms with E-state index in [1.54, 1.807) is 0 Å². The first-order chi connectivity index (χ1) is 9.72. The zero-order chi connectivity index (χ0) is 15.8. The molecule has 3 atom stereocenters. The number of hydrogen-bond acceptors (Lipinski definition) is 2. The molecule has 2 nitrogen and oxygen atoms in total. The molecule has 118 valence electrons. The van der Waals surface area contributed by atoms with Crippen molar-refractivity contribution in [3.8, 4) is 5.75 Å². The van der Waals surface area contributed by atoms with Crippen LogP contribution in [0.2, 0.25) is 0 Å². The van der Waals surface area contributed by atoms with Gasteiger partial charge in [-0.25, -0.2) is 0 Å². The van der Waals surface area contributed by atoms with E-state index in [2.05, 4.69) is 59.7 Å². The molecule has 2 heteroatoms. The van der Waals surface area contributed by atoms with E-state index >= 15 is 0 Å². The average Bonchev–Trinajstić information content (AvgIpc) is 2.45. The summed E-state index contributed by atoms with van der Waals surface area (Å²) in [5, 5.41) is 0. The van der Waals surface area contributed by atoms with Gasteiger partial charge in [0.15, 0.2) is 0 Å². The molecular weight excluding hydrogens is 258 g/mol. The largest absolute Gasteiger partial charge is 0.489 e. The van der Waals surface area contributed by atoms with Crippen molar-refractivity contribution in [3.63, 3.8) is 0 Å². The Balaban J connectivity index is 2.29. The first-order valence-corrected chi connectivity index (χ1v) is 8.28. The average molecular weight is 289 g/mol. The Hall–Kier alpha value is -1.02. The van der Waals surface area contributed by atoms with Gasteiger partial charge in [0.25, 0.3) is 0 Å². The molecule has 21 heavy (non-hydrogen) atoms. The van der Waals surface area contributed by atoms with Gasteiger partial charge >= 0.3 is 0 Å². The van der Waals surface area contributed by atoms with Crippen molar-refractivity contribution in [2.75, 3.05) is 0 Å². The van der Waals surface area contributed by atoms with E-state index in [1.165, 1.54) is 11.1 Å². The van der Waals surface area contributed by atoms with E-state index < -0.39 is 0 Å². The smallest absolute Gasteiger partial charge is 0.123 e. The summed E-state index contributed by atoms with van der Waals surface area (Å²) in [4.78, 5) is 0. The van der Waals surface area contributed by atoms with Crippen LogP contribution in [0.15, 0.2) is 18.2 Å². The van der Waals surface area contributed by atoms with Gasteiger partial charge < -0.3 is 10.5 Å². The van der Waals surface area contributed by atoms with Crippen LogP contribution in [0.4, 0.5) is 0 Å². The quantitative estimate of drug-likeness (QED) is 0.889. The molecule has 1 fully saturated rings. The third-order valence-electron chi connectivity index (χ3n) is 5.34. The highest BCUT2D eigenvalue weighted by molar-refractivity contribution is 5.42. The second kappa shape index (κ2) is 5.64. The fourth-order valence-corrected chi connectivity index (χ4v) is 3.16. The lowest BCUT2D eigenvalue weighted by molar-refractivity contribution is -0.0567. The summed E-state index contributed by atoms with van der Waals surface area (Å²) in [6.45, 7) is 13.4. The van der Waals surface area contributed by atoms with E-state index in [9.17, 15) is 0 Å². The minimum Gasteiger partial charge on any atom is -0.489 e. The standard InChI is InChI=1S/C19H31NO/c1-7-13-9-10-15(14(11-13)18(3,4)5)21-17-12-16(20)19(17,6)8-2/h9-11,16-17H,7-8,12,20H2,1-6H3. The van der Waals surface area contributed by atoms with Crippen LogP contribution < -0.4 is 10.5 Å². The van der Waals surface area contributed by atoms with Gasteiger partial charge in [-0.2, -0.15) is 0 Å². The Morgan fingerprint density at radius 1 is 1.29 bits per heavy atom. The minimum absolute atomic E-state index is 0.0923. The molecule has 0 saturated heterocycles. The zero-order valence-corrected chi connectivity index (χ0v) is 14.5. The van der Waals surface area contributed by atoms with Crippen LogP contribution in [-0.4, -0.2) is 12.1 Å². The second-order valence-electron chi connectivity index (χ2n) is 7.74. The molecule has 0 aromatic heterocycles. The molecule has 1 aromatic rings. The summed E-state index contributed by atoms with van der Waals surface area (Å²) in [5.41, 5.74) is 9.08. The molecule has 1 saturated carbocycles. The summed E-state index contributed by atoms with van der Waals surface area (Å²) in [5.74, 6) is 1.04. The lowest BCUT2D eigenvalue weighted by atomic mass is 9.62. The highest BCUT2D eigenvalue weighted by atomic mass is 16.5. The van der Waals surface area contributed by atoms with Gasteiger partial charge in [0.05, 0.1) is 0 Å². The predicted molar refractivity (Wildman–Crippen MR) is 89.9 cm³/mol. The van der Waals surface area contributed by atoms with Crippen molar-refractivity contribution in [1.82, 2.24) is 0 Å². The summed E-state index contributed by atoms with van der Waals surface area (Å²) in [6.07, 6.45) is 3.33. The molecule has 1 aliphatic rings. The van der Waals surface area contributed by atoms with Gasteiger partial charge in [-0.05, 0) is 35.4 Å². The fraction of sp³-hybridized carbons (Fsp3) is 0.684. The summed E-state index contributed by atoms with van der Waals surface area (Å²) in [6, 6.07) is 6.91. The lowest BCUT2D eigenvalue weighted by Crippen LogP contribution is -2.61. The Morgan fingerprint density at radius 2 is 1.95 bits per heavy atom. The Kier molecular flexibility index (Phi) is 4.39. The summed E-state index contributed by atoms with van der Waals surface area (Å²) < 4.78 is 6.40. The highest BCUT2D eigenvalue weighted by Crippen LogP contribution is 2.46. The Bertz CT molecular complexity index is 503. The van der Waals surface area contributed by atoms with Crippen molar-refractivity contribution < 1.29 is 4.74 Å². The van der Waals surface area contributed by atoms with Crippen LogP contribution in [0.3, 0.4) is 0 Å². The number of benzene rings is 1. The van der Waals surface area contributed by atoms with Crippen molar-refractivity contribution in [2.45, 2.75) is 78.4 Å². The maximum Gasteiger partial charge on any atom is 0.123 e. The molecule has 0 aliphatic heterocycles. The molecule has 3 unspecified atom stereocenters. The molecule has 1 aliphatic carbocycles. The third-order valence-corrected chi connectivity index (χ3v) is 5.34. The lowest BCUT2D eigenvalue weighted by Gasteiger charge is -2.51.